The Morgan fingerprint density at radius 1 is 1.17 bits per heavy atom. The molecule has 0 bridgehead atoms. The number of Topliss-reactive ketones (excluding diaryl/α,β-unsaturated/α-hetero) is 1. The van der Waals surface area contributed by atoms with Crippen LogP contribution in [0.2, 0.25) is 0 Å². The van der Waals surface area contributed by atoms with Gasteiger partial charge in [0.2, 0.25) is 6.79 Å². The highest BCUT2D eigenvalue weighted by atomic mass is 16.7. The van der Waals surface area contributed by atoms with Crippen molar-refractivity contribution in [2.75, 3.05) is 25.8 Å². The molecule has 156 valence electrons. The summed E-state index contributed by atoms with van der Waals surface area (Å²) in [6.07, 6.45) is 2.59. The largest absolute Gasteiger partial charge is 0.504 e. The summed E-state index contributed by atoms with van der Waals surface area (Å²) in [5.74, 6) is -0.579. The summed E-state index contributed by atoms with van der Waals surface area (Å²) in [6, 6.07) is 7.51. The number of esters is 1. The van der Waals surface area contributed by atoms with Crippen LogP contribution in [0.1, 0.15) is 22.8 Å². The zero-order chi connectivity index (χ0) is 21.7. The summed E-state index contributed by atoms with van der Waals surface area (Å²) >= 11 is 0. The van der Waals surface area contributed by atoms with Gasteiger partial charge in [-0.3, -0.25) is 9.59 Å². The van der Waals surface area contributed by atoms with Crippen LogP contribution in [0.3, 0.4) is 0 Å². The van der Waals surface area contributed by atoms with E-state index in [0.29, 0.717) is 17.1 Å². The summed E-state index contributed by atoms with van der Waals surface area (Å²) in [7, 11) is 1.41. The van der Waals surface area contributed by atoms with Crippen LogP contribution in [-0.4, -0.2) is 43.3 Å². The molecule has 0 aromatic heterocycles. The van der Waals surface area contributed by atoms with Crippen molar-refractivity contribution in [3.8, 4) is 23.0 Å². The summed E-state index contributed by atoms with van der Waals surface area (Å²) in [5, 5.41) is 12.1. The molecule has 0 atom stereocenters. The second kappa shape index (κ2) is 8.99. The number of benzene rings is 2. The number of phenolic OH excluding ortho intramolecular Hbond substituents is 1. The first-order chi connectivity index (χ1) is 14.4. The zero-order valence-corrected chi connectivity index (χ0v) is 16.3. The smallest absolute Gasteiger partial charge is 0.331 e. The minimum absolute atomic E-state index is 0.0256. The SMILES string of the molecule is COc1cc(/C=C/C(=O)OCC(=O)Nc2cc3c(cc2C(C)=O)OCO3)ccc1O. The highest BCUT2D eigenvalue weighted by molar-refractivity contribution is 6.05. The van der Waals surface area contributed by atoms with Crippen LogP contribution < -0.4 is 19.5 Å². The van der Waals surface area contributed by atoms with Gasteiger partial charge in [0, 0.05) is 17.7 Å². The Morgan fingerprint density at radius 2 is 1.90 bits per heavy atom. The van der Waals surface area contributed by atoms with Crippen molar-refractivity contribution in [1.29, 1.82) is 0 Å². The Morgan fingerprint density at radius 3 is 2.60 bits per heavy atom. The van der Waals surface area contributed by atoms with Crippen molar-refractivity contribution >= 4 is 29.4 Å². The summed E-state index contributed by atoms with van der Waals surface area (Å²) in [5.41, 5.74) is 1.08. The molecule has 9 heteroatoms. The van der Waals surface area contributed by atoms with E-state index in [1.807, 2.05) is 0 Å². The van der Waals surface area contributed by atoms with Crippen molar-refractivity contribution in [3.05, 3.63) is 47.5 Å². The quantitative estimate of drug-likeness (QED) is 0.404. The van der Waals surface area contributed by atoms with E-state index in [1.165, 1.54) is 44.4 Å². The Bertz CT molecular complexity index is 1030. The number of ketones is 1. The molecule has 0 aliphatic carbocycles. The lowest BCUT2D eigenvalue weighted by atomic mass is 10.1. The molecule has 0 radical (unpaired) electrons. The Labute approximate surface area is 171 Å². The maximum Gasteiger partial charge on any atom is 0.331 e. The van der Waals surface area contributed by atoms with E-state index in [-0.39, 0.29) is 35.3 Å². The van der Waals surface area contributed by atoms with Gasteiger partial charge in [-0.05, 0) is 36.8 Å². The average molecular weight is 413 g/mol. The predicted molar refractivity (Wildman–Crippen MR) is 106 cm³/mol. The van der Waals surface area contributed by atoms with Gasteiger partial charge in [0.05, 0.1) is 12.8 Å². The molecule has 30 heavy (non-hydrogen) atoms. The molecular formula is C21H19NO8. The molecule has 1 aliphatic heterocycles. The third-order valence-corrected chi connectivity index (χ3v) is 4.13. The number of fused-ring (bicyclic) bond motifs is 1. The van der Waals surface area contributed by atoms with Gasteiger partial charge in [0.15, 0.2) is 35.4 Å². The van der Waals surface area contributed by atoms with Gasteiger partial charge in [-0.1, -0.05) is 6.07 Å². The number of nitrogens with one attached hydrogen (secondary N) is 1. The summed E-state index contributed by atoms with van der Waals surface area (Å²) < 4.78 is 20.4. The Kier molecular flexibility index (Phi) is 6.21. The number of aromatic hydroxyl groups is 1. The van der Waals surface area contributed by atoms with Crippen LogP contribution in [0.4, 0.5) is 5.69 Å². The number of ether oxygens (including phenoxy) is 4. The molecule has 0 spiro atoms. The van der Waals surface area contributed by atoms with Crippen LogP contribution in [0.5, 0.6) is 23.0 Å². The maximum absolute atomic E-state index is 12.1. The van der Waals surface area contributed by atoms with Crippen molar-refractivity contribution in [3.63, 3.8) is 0 Å². The molecule has 1 heterocycles. The second-order valence-corrected chi connectivity index (χ2v) is 6.23. The van der Waals surface area contributed by atoms with E-state index >= 15 is 0 Å². The summed E-state index contributed by atoms with van der Waals surface area (Å²) in [6.45, 7) is 0.838. The van der Waals surface area contributed by atoms with Gasteiger partial charge in [0.25, 0.3) is 5.91 Å². The van der Waals surface area contributed by atoms with E-state index in [1.54, 1.807) is 6.07 Å². The van der Waals surface area contributed by atoms with Gasteiger partial charge in [-0.15, -0.1) is 0 Å². The standard InChI is InChI=1S/C21H19NO8/c1-12(23)14-8-18-19(30-11-29-18)9-15(14)22-20(25)10-28-21(26)6-4-13-3-5-16(24)17(7-13)27-2/h3-9,24H,10-11H2,1-2H3,(H,22,25)/b6-4+. The van der Waals surface area contributed by atoms with E-state index in [0.717, 1.165) is 6.08 Å². The van der Waals surface area contributed by atoms with Crippen LogP contribution in [-0.2, 0) is 14.3 Å². The first-order valence-electron chi connectivity index (χ1n) is 8.83. The number of methoxy groups -OCH3 is 1. The first kappa shape index (κ1) is 20.7. The first-order valence-corrected chi connectivity index (χ1v) is 8.83. The molecule has 0 saturated heterocycles. The fraction of sp³-hybridized carbons (Fsp3) is 0.190. The lowest BCUT2D eigenvalue weighted by Gasteiger charge is -2.10. The molecule has 1 aliphatic rings. The normalized spacial score (nSPS) is 11.9. The van der Waals surface area contributed by atoms with E-state index < -0.39 is 18.5 Å². The summed E-state index contributed by atoms with van der Waals surface area (Å²) in [4.78, 5) is 35.8. The van der Waals surface area contributed by atoms with Gasteiger partial charge in [-0.25, -0.2) is 4.79 Å². The van der Waals surface area contributed by atoms with Crippen LogP contribution in [0.25, 0.3) is 6.08 Å². The van der Waals surface area contributed by atoms with Gasteiger partial charge in [-0.2, -0.15) is 0 Å². The van der Waals surface area contributed by atoms with Gasteiger partial charge in [0.1, 0.15) is 0 Å². The minimum Gasteiger partial charge on any atom is -0.504 e. The molecule has 0 unspecified atom stereocenters. The third-order valence-electron chi connectivity index (χ3n) is 4.13. The topological polar surface area (TPSA) is 120 Å². The highest BCUT2D eigenvalue weighted by Crippen LogP contribution is 2.37. The van der Waals surface area contributed by atoms with E-state index in [9.17, 15) is 19.5 Å². The molecule has 2 N–H and O–H groups in total. The fourth-order valence-electron chi connectivity index (χ4n) is 2.67. The van der Waals surface area contributed by atoms with Gasteiger partial charge < -0.3 is 29.4 Å². The van der Waals surface area contributed by atoms with Crippen molar-refractivity contribution in [1.82, 2.24) is 0 Å². The van der Waals surface area contributed by atoms with Crippen LogP contribution in [0.15, 0.2) is 36.4 Å². The van der Waals surface area contributed by atoms with Gasteiger partial charge >= 0.3 is 5.97 Å². The van der Waals surface area contributed by atoms with Crippen LogP contribution in [0, 0.1) is 0 Å². The highest BCUT2D eigenvalue weighted by Gasteiger charge is 2.20. The zero-order valence-electron chi connectivity index (χ0n) is 16.3. The minimum atomic E-state index is -0.741. The lowest BCUT2D eigenvalue weighted by Crippen LogP contribution is -2.21. The van der Waals surface area contributed by atoms with E-state index in [4.69, 9.17) is 18.9 Å². The molecule has 1 amide bonds. The Hall–Kier alpha value is -4.01. The second-order valence-electron chi connectivity index (χ2n) is 6.23. The van der Waals surface area contributed by atoms with Crippen molar-refractivity contribution in [2.24, 2.45) is 0 Å². The number of hydrogen-bond acceptors (Lipinski definition) is 8. The molecule has 2 aromatic carbocycles. The van der Waals surface area contributed by atoms with Crippen molar-refractivity contribution in [2.45, 2.75) is 6.92 Å². The average Bonchev–Trinajstić information content (AvgIpc) is 3.18. The molecular weight excluding hydrogens is 394 g/mol. The lowest BCUT2D eigenvalue weighted by molar-refractivity contribution is -0.142. The van der Waals surface area contributed by atoms with E-state index in [2.05, 4.69) is 5.32 Å². The molecule has 0 saturated carbocycles. The van der Waals surface area contributed by atoms with Crippen LogP contribution >= 0.6 is 0 Å². The maximum atomic E-state index is 12.1. The number of amides is 1. The monoisotopic (exact) mass is 413 g/mol. The fourth-order valence-corrected chi connectivity index (χ4v) is 2.67. The Balaban J connectivity index is 1.58. The number of carbonyl (C=O) groups is 3. The molecule has 0 fully saturated rings. The number of phenols is 1. The number of carbonyl (C=O) groups excluding carboxylic acids is 3. The van der Waals surface area contributed by atoms with Crippen molar-refractivity contribution < 1.29 is 38.4 Å². The number of rotatable bonds is 7. The molecule has 2 aromatic rings. The molecule has 3 rings (SSSR count). The number of anilines is 1. The third kappa shape index (κ3) is 4.88. The molecule has 9 nitrogen and oxygen atoms in total. The number of hydrogen-bond donors (Lipinski definition) is 2. The predicted octanol–water partition coefficient (Wildman–Crippen LogP) is 2.53.